The van der Waals surface area contributed by atoms with Crippen LogP contribution in [0.1, 0.15) is 91.9 Å². The molecule has 0 fully saturated rings. The third-order valence-electron chi connectivity index (χ3n) is 4.68. The van der Waals surface area contributed by atoms with Crippen LogP contribution < -0.4 is 0 Å². The van der Waals surface area contributed by atoms with Gasteiger partial charge in [-0.05, 0) is 24.7 Å². The number of aliphatic hydroxyl groups excluding tert-OH is 1. The van der Waals surface area contributed by atoms with E-state index >= 15 is 0 Å². The Balaban J connectivity index is 3.99. The highest BCUT2D eigenvalue weighted by atomic mass is 16.5. The molecule has 0 rings (SSSR count). The molecule has 2 unspecified atom stereocenters. The Morgan fingerprint density at radius 2 is 1.30 bits per heavy atom. The fourth-order valence-electron chi connectivity index (χ4n) is 3.03. The van der Waals surface area contributed by atoms with E-state index in [1.54, 1.807) is 0 Å². The van der Waals surface area contributed by atoms with Crippen molar-refractivity contribution in [1.29, 1.82) is 0 Å². The van der Waals surface area contributed by atoms with Crippen molar-refractivity contribution >= 4 is 5.97 Å². The number of hydrogen-bond donors (Lipinski definition) is 2. The molecule has 0 aromatic heterocycles. The van der Waals surface area contributed by atoms with Crippen molar-refractivity contribution in [2.75, 3.05) is 19.8 Å². The quantitative estimate of drug-likeness (QED) is 0.303. The summed E-state index contributed by atoms with van der Waals surface area (Å²) < 4.78 is 11.1. The molecular formula is C22H44O5. The van der Waals surface area contributed by atoms with Crippen molar-refractivity contribution in [2.45, 2.75) is 104 Å². The smallest absolute Gasteiger partial charge is 0.329 e. The Morgan fingerprint density at radius 1 is 0.778 bits per heavy atom. The van der Waals surface area contributed by atoms with Gasteiger partial charge in [0.1, 0.15) is 6.61 Å². The number of hydrogen-bond acceptors (Lipinski definition) is 4. The minimum atomic E-state index is -0.966. The maximum atomic E-state index is 10.6. The number of rotatable bonds is 19. The van der Waals surface area contributed by atoms with E-state index in [9.17, 15) is 9.90 Å². The SMILES string of the molecule is CC(C)CCCCCC(O)COC(CCCCCC(C)C)COCC(=O)O. The normalized spacial score (nSPS) is 14.0. The zero-order valence-electron chi connectivity index (χ0n) is 18.1. The molecule has 0 aromatic rings. The number of carbonyl (C=O) groups is 1. The van der Waals surface area contributed by atoms with Crippen LogP contribution in [0.5, 0.6) is 0 Å². The maximum absolute atomic E-state index is 10.6. The highest BCUT2D eigenvalue weighted by Gasteiger charge is 2.13. The Hall–Kier alpha value is -0.650. The highest BCUT2D eigenvalue weighted by Crippen LogP contribution is 2.14. The van der Waals surface area contributed by atoms with Gasteiger partial charge in [-0.2, -0.15) is 0 Å². The lowest BCUT2D eigenvalue weighted by Crippen LogP contribution is -2.26. The highest BCUT2D eigenvalue weighted by molar-refractivity contribution is 5.67. The molecule has 0 saturated carbocycles. The first kappa shape index (κ1) is 26.4. The van der Waals surface area contributed by atoms with Crippen molar-refractivity contribution in [3.05, 3.63) is 0 Å². The number of carboxylic acid groups (broad SMARTS) is 1. The van der Waals surface area contributed by atoms with Crippen LogP contribution in [0.25, 0.3) is 0 Å². The predicted octanol–water partition coefficient (Wildman–Crippen LogP) is 5.05. The molecule has 0 heterocycles. The molecule has 0 saturated heterocycles. The minimum absolute atomic E-state index is 0.140. The molecule has 0 aliphatic heterocycles. The number of carboxylic acids is 1. The van der Waals surface area contributed by atoms with Gasteiger partial charge < -0.3 is 19.7 Å². The molecule has 0 amide bonds. The molecule has 0 radical (unpaired) electrons. The molecular weight excluding hydrogens is 344 g/mol. The van der Waals surface area contributed by atoms with Crippen molar-refractivity contribution in [1.82, 2.24) is 0 Å². The first-order chi connectivity index (χ1) is 12.8. The summed E-state index contributed by atoms with van der Waals surface area (Å²) in [5.74, 6) is 0.504. The van der Waals surface area contributed by atoms with E-state index in [-0.39, 0.29) is 19.3 Å². The number of ether oxygens (including phenoxy) is 2. The van der Waals surface area contributed by atoms with E-state index in [0.29, 0.717) is 6.61 Å². The largest absolute Gasteiger partial charge is 0.480 e. The zero-order chi connectivity index (χ0) is 20.5. The molecule has 5 heteroatoms. The van der Waals surface area contributed by atoms with Gasteiger partial charge in [-0.15, -0.1) is 0 Å². The van der Waals surface area contributed by atoms with Crippen LogP contribution in [-0.2, 0) is 14.3 Å². The number of aliphatic carboxylic acids is 1. The Labute approximate surface area is 166 Å². The first-order valence-corrected chi connectivity index (χ1v) is 10.9. The molecule has 0 bridgehead atoms. The van der Waals surface area contributed by atoms with Gasteiger partial charge in [0, 0.05) is 0 Å². The molecule has 5 nitrogen and oxygen atoms in total. The van der Waals surface area contributed by atoms with Crippen LogP contribution in [-0.4, -0.2) is 48.2 Å². The van der Waals surface area contributed by atoms with Crippen molar-refractivity contribution < 1.29 is 24.5 Å². The zero-order valence-corrected chi connectivity index (χ0v) is 18.1. The van der Waals surface area contributed by atoms with Crippen LogP contribution in [0.2, 0.25) is 0 Å². The summed E-state index contributed by atoms with van der Waals surface area (Å²) in [5.41, 5.74) is 0. The molecule has 0 aromatic carbocycles. The summed E-state index contributed by atoms with van der Waals surface area (Å²) in [6, 6.07) is 0. The second kappa shape index (κ2) is 17.4. The lowest BCUT2D eigenvalue weighted by Gasteiger charge is -2.20. The Kier molecular flexibility index (Phi) is 17.0. The summed E-state index contributed by atoms with van der Waals surface area (Å²) in [4.78, 5) is 10.6. The molecule has 0 aliphatic carbocycles. The van der Waals surface area contributed by atoms with Crippen molar-refractivity contribution in [3.8, 4) is 0 Å². The molecule has 2 atom stereocenters. The van der Waals surface area contributed by atoms with E-state index in [4.69, 9.17) is 14.6 Å². The van der Waals surface area contributed by atoms with E-state index in [0.717, 1.165) is 50.4 Å². The third kappa shape index (κ3) is 19.9. The molecule has 0 spiro atoms. The van der Waals surface area contributed by atoms with Crippen molar-refractivity contribution in [2.24, 2.45) is 11.8 Å². The van der Waals surface area contributed by atoms with E-state index in [1.165, 1.54) is 25.7 Å². The Morgan fingerprint density at radius 3 is 1.81 bits per heavy atom. The average Bonchev–Trinajstić information content (AvgIpc) is 2.57. The van der Waals surface area contributed by atoms with Gasteiger partial charge in [0.25, 0.3) is 0 Å². The van der Waals surface area contributed by atoms with Gasteiger partial charge in [0.2, 0.25) is 0 Å². The van der Waals surface area contributed by atoms with Crippen LogP contribution in [0.4, 0.5) is 0 Å². The number of aliphatic hydroxyl groups is 1. The minimum Gasteiger partial charge on any atom is -0.480 e. The number of unbranched alkanes of at least 4 members (excludes halogenated alkanes) is 4. The molecule has 0 aliphatic rings. The summed E-state index contributed by atoms with van der Waals surface area (Å²) in [5, 5.41) is 18.8. The lowest BCUT2D eigenvalue weighted by atomic mass is 10.0. The summed E-state index contributed by atoms with van der Waals surface area (Å²) in [6.07, 6.45) is 10.3. The Bertz CT molecular complexity index is 344. The average molecular weight is 389 g/mol. The molecule has 27 heavy (non-hydrogen) atoms. The lowest BCUT2D eigenvalue weighted by molar-refractivity contribution is -0.144. The summed E-state index contributed by atoms with van der Waals surface area (Å²) in [6.45, 7) is 9.21. The van der Waals surface area contributed by atoms with Crippen LogP contribution in [0.15, 0.2) is 0 Å². The topological polar surface area (TPSA) is 76.0 Å². The predicted molar refractivity (Wildman–Crippen MR) is 110 cm³/mol. The fraction of sp³-hybridized carbons (Fsp3) is 0.955. The third-order valence-corrected chi connectivity index (χ3v) is 4.68. The van der Waals surface area contributed by atoms with E-state index in [2.05, 4.69) is 27.7 Å². The standard InChI is InChI=1S/C22H44O5/c1-18(2)11-7-5-9-13-20(23)15-27-21(16-26-17-22(24)25)14-10-6-8-12-19(3)4/h18-21,23H,5-17H2,1-4H3,(H,24,25). The van der Waals surface area contributed by atoms with Gasteiger partial charge >= 0.3 is 5.97 Å². The van der Waals surface area contributed by atoms with Crippen molar-refractivity contribution in [3.63, 3.8) is 0 Å². The maximum Gasteiger partial charge on any atom is 0.329 e. The second-order valence-electron chi connectivity index (χ2n) is 8.58. The first-order valence-electron chi connectivity index (χ1n) is 10.9. The molecule has 162 valence electrons. The fourth-order valence-corrected chi connectivity index (χ4v) is 3.03. The van der Waals surface area contributed by atoms with Gasteiger partial charge in [0.15, 0.2) is 0 Å². The van der Waals surface area contributed by atoms with Gasteiger partial charge in [-0.3, -0.25) is 0 Å². The van der Waals surface area contributed by atoms with Gasteiger partial charge in [-0.1, -0.05) is 79.1 Å². The van der Waals surface area contributed by atoms with E-state index in [1.807, 2.05) is 0 Å². The molecule has 2 N–H and O–H groups in total. The summed E-state index contributed by atoms with van der Waals surface area (Å²) in [7, 11) is 0. The second-order valence-corrected chi connectivity index (χ2v) is 8.58. The van der Waals surface area contributed by atoms with Gasteiger partial charge in [0.05, 0.1) is 25.4 Å². The van der Waals surface area contributed by atoms with Crippen LogP contribution in [0.3, 0.4) is 0 Å². The van der Waals surface area contributed by atoms with Gasteiger partial charge in [-0.25, -0.2) is 4.79 Å². The van der Waals surface area contributed by atoms with Crippen LogP contribution in [0, 0.1) is 11.8 Å². The monoisotopic (exact) mass is 388 g/mol. The van der Waals surface area contributed by atoms with E-state index < -0.39 is 12.1 Å². The summed E-state index contributed by atoms with van der Waals surface area (Å²) >= 11 is 0. The van der Waals surface area contributed by atoms with Crippen LogP contribution >= 0.6 is 0 Å².